The topological polar surface area (TPSA) is 92.1 Å². The van der Waals surface area contributed by atoms with Crippen molar-refractivity contribution in [1.29, 1.82) is 0 Å². The van der Waals surface area contributed by atoms with Crippen molar-refractivity contribution >= 4 is 40.8 Å². The summed E-state index contributed by atoms with van der Waals surface area (Å²) in [6.07, 6.45) is 1.47. The largest absolute Gasteiger partial charge is 0.467 e. The first-order valence-electron chi connectivity index (χ1n) is 8.49. The van der Waals surface area contributed by atoms with E-state index in [1.807, 2.05) is 0 Å². The van der Waals surface area contributed by atoms with Gasteiger partial charge in [-0.3, -0.25) is 14.5 Å². The van der Waals surface area contributed by atoms with Gasteiger partial charge in [0.25, 0.3) is 5.91 Å². The monoisotopic (exact) mass is 401 g/mol. The number of benzene rings is 1. The summed E-state index contributed by atoms with van der Waals surface area (Å²) in [6, 6.07) is 9.11. The minimum atomic E-state index is -0.711. The molecule has 0 aliphatic carbocycles. The number of furan rings is 1. The van der Waals surface area contributed by atoms with Gasteiger partial charge in [0, 0.05) is 12.7 Å². The van der Waals surface area contributed by atoms with Crippen molar-refractivity contribution < 1.29 is 23.5 Å². The van der Waals surface area contributed by atoms with Crippen LogP contribution in [0.2, 0.25) is 0 Å². The first-order chi connectivity index (χ1) is 13.4. The molecule has 0 saturated carbocycles. The van der Waals surface area contributed by atoms with Gasteiger partial charge in [-0.1, -0.05) is 0 Å². The van der Waals surface area contributed by atoms with E-state index >= 15 is 0 Å². The quantitative estimate of drug-likeness (QED) is 0.585. The average molecular weight is 401 g/mol. The number of hydrogen-bond acceptors (Lipinski definition) is 6. The molecule has 146 valence electrons. The summed E-state index contributed by atoms with van der Waals surface area (Å²) in [6.45, 7) is 0.299. The van der Waals surface area contributed by atoms with Crippen molar-refractivity contribution in [3.8, 4) is 0 Å². The Labute approximate surface area is 167 Å². The van der Waals surface area contributed by atoms with Crippen molar-refractivity contribution in [3.63, 3.8) is 0 Å². The molecular formula is C19H19N3O5S. The summed E-state index contributed by atoms with van der Waals surface area (Å²) in [5, 5.41) is 3.08. The lowest BCUT2D eigenvalue weighted by molar-refractivity contribution is -0.130. The van der Waals surface area contributed by atoms with Crippen LogP contribution in [-0.2, 0) is 20.9 Å². The molecule has 1 saturated heterocycles. The van der Waals surface area contributed by atoms with Crippen molar-refractivity contribution in [2.45, 2.75) is 19.0 Å². The van der Waals surface area contributed by atoms with Gasteiger partial charge in [0.2, 0.25) is 5.91 Å². The maximum absolute atomic E-state index is 12.5. The molecule has 2 aromatic rings. The molecule has 0 radical (unpaired) electrons. The third-order valence-electron chi connectivity index (χ3n) is 4.40. The molecule has 3 rings (SSSR count). The Morgan fingerprint density at radius 2 is 1.96 bits per heavy atom. The number of ether oxygens (including phenoxy) is 1. The second kappa shape index (κ2) is 8.22. The van der Waals surface area contributed by atoms with E-state index in [0.29, 0.717) is 28.7 Å². The van der Waals surface area contributed by atoms with Gasteiger partial charge in [-0.2, -0.15) is 0 Å². The van der Waals surface area contributed by atoms with E-state index < -0.39 is 12.0 Å². The highest BCUT2D eigenvalue weighted by Gasteiger charge is 2.41. The van der Waals surface area contributed by atoms with Gasteiger partial charge in [-0.05, 0) is 48.6 Å². The van der Waals surface area contributed by atoms with Gasteiger partial charge in [0.1, 0.15) is 11.8 Å². The fourth-order valence-electron chi connectivity index (χ4n) is 2.92. The summed E-state index contributed by atoms with van der Waals surface area (Å²) in [4.78, 5) is 39.5. The Morgan fingerprint density at radius 3 is 2.57 bits per heavy atom. The van der Waals surface area contributed by atoms with Crippen LogP contribution in [0.5, 0.6) is 0 Å². The van der Waals surface area contributed by atoms with Crippen LogP contribution in [0.3, 0.4) is 0 Å². The number of esters is 1. The number of carbonyl (C=O) groups is 3. The number of nitrogens with zero attached hydrogens (tertiary/aromatic N) is 2. The first-order valence-corrected chi connectivity index (χ1v) is 8.90. The Balaban J connectivity index is 1.67. The van der Waals surface area contributed by atoms with Gasteiger partial charge in [-0.25, -0.2) is 4.79 Å². The maximum atomic E-state index is 12.5. The molecular weight excluding hydrogens is 382 g/mol. The molecule has 1 aromatic heterocycles. The van der Waals surface area contributed by atoms with Crippen LogP contribution in [0.4, 0.5) is 5.69 Å². The molecule has 1 aliphatic rings. The Kier molecular flexibility index (Phi) is 5.74. The van der Waals surface area contributed by atoms with E-state index in [4.69, 9.17) is 16.6 Å². The summed E-state index contributed by atoms with van der Waals surface area (Å²) in [5.41, 5.74) is 0.889. The standard InChI is InChI=1S/C19H19N3O5S/c1-21-17(24)15(22(19(21)28)11-14-4-3-9-27-14)10-16(23)20-13-7-5-12(6-8-13)18(25)26-2/h3-9,15H,10-11H2,1-2H3,(H,20,23)/t15-/m1/s1. The highest BCUT2D eigenvalue weighted by atomic mass is 32.1. The SMILES string of the molecule is COC(=O)c1ccc(NC(=O)C[C@@H]2C(=O)N(C)C(=S)N2Cc2ccco2)cc1. The molecule has 28 heavy (non-hydrogen) atoms. The minimum absolute atomic E-state index is 0.0667. The fourth-order valence-corrected chi connectivity index (χ4v) is 3.20. The number of likely N-dealkylation sites (N-methyl/N-ethyl adjacent to an activating group) is 1. The zero-order valence-corrected chi connectivity index (χ0v) is 16.2. The molecule has 0 bridgehead atoms. The fraction of sp³-hybridized carbons (Fsp3) is 0.263. The van der Waals surface area contributed by atoms with Crippen molar-refractivity contribution in [1.82, 2.24) is 9.80 Å². The van der Waals surface area contributed by atoms with Crippen LogP contribution in [0.25, 0.3) is 0 Å². The van der Waals surface area contributed by atoms with Gasteiger partial charge in [0.05, 0.1) is 31.9 Å². The van der Waals surface area contributed by atoms with Crippen LogP contribution >= 0.6 is 12.2 Å². The average Bonchev–Trinajstić information content (AvgIpc) is 3.27. The summed E-state index contributed by atoms with van der Waals surface area (Å²) in [7, 11) is 2.88. The third kappa shape index (κ3) is 4.04. The lowest BCUT2D eigenvalue weighted by atomic mass is 10.1. The minimum Gasteiger partial charge on any atom is -0.467 e. The van der Waals surface area contributed by atoms with Crippen LogP contribution in [0.1, 0.15) is 22.5 Å². The van der Waals surface area contributed by atoms with E-state index in [0.717, 1.165) is 0 Å². The number of rotatable bonds is 6. The molecule has 1 aromatic carbocycles. The molecule has 2 heterocycles. The van der Waals surface area contributed by atoms with Crippen LogP contribution in [0, 0.1) is 0 Å². The second-order valence-corrected chi connectivity index (χ2v) is 6.59. The number of anilines is 1. The van der Waals surface area contributed by atoms with E-state index in [-0.39, 0.29) is 18.2 Å². The number of hydrogen-bond donors (Lipinski definition) is 1. The molecule has 2 amide bonds. The summed E-state index contributed by atoms with van der Waals surface area (Å²) < 4.78 is 9.97. The third-order valence-corrected chi connectivity index (χ3v) is 4.91. The number of thiocarbonyl (C=S) groups is 1. The molecule has 0 unspecified atom stereocenters. The molecule has 1 N–H and O–H groups in total. The smallest absolute Gasteiger partial charge is 0.337 e. The van der Waals surface area contributed by atoms with Crippen LogP contribution in [-0.4, -0.2) is 52.9 Å². The number of methoxy groups -OCH3 is 1. The molecule has 0 spiro atoms. The van der Waals surface area contributed by atoms with Crippen molar-refractivity contribution in [2.24, 2.45) is 0 Å². The van der Waals surface area contributed by atoms with Crippen LogP contribution in [0.15, 0.2) is 47.1 Å². The second-order valence-electron chi connectivity index (χ2n) is 6.22. The lowest BCUT2D eigenvalue weighted by Gasteiger charge is -2.22. The highest BCUT2D eigenvalue weighted by molar-refractivity contribution is 7.80. The Morgan fingerprint density at radius 1 is 1.25 bits per heavy atom. The van der Waals surface area contributed by atoms with Crippen molar-refractivity contribution in [3.05, 3.63) is 54.0 Å². The predicted molar refractivity (Wildman–Crippen MR) is 104 cm³/mol. The van der Waals surface area contributed by atoms with Gasteiger partial charge in [0.15, 0.2) is 5.11 Å². The molecule has 1 fully saturated rings. The first kappa shape index (κ1) is 19.6. The molecule has 9 heteroatoms. The number of amides is 2. The van der Waals surface area contributed by atoms with E-state index in [9.17, 15) is 14.4 Å². The molecule has 1 atom stereocenters. The highest BCUT2D eigenvalue weighted by Crippen LogP contribution is 2.23. The van der Waals surface area contributed by atoms with Crippen molar-refractivity contribution in [2.75, 3.05) is 19.5 Å². The normalized spacial score (nSPS) is 16.4. The summed E-state index contributed by atoms with van der Waals surface area (Å²) in [5.74, 6) is -0.395. The zero-order chi connectivity index (χ0) is 20.3. The number of carbonyl (C=O) groups excluding carboxylic acids is 3. The number of nitrogens with one attached hydrogen (secondary N) is 1. The predicted octanol–water partition coefficient (Wildman–Crippen LogP) is 2.02. The van der Waals surface area contributed by atoms with E-state index in [2.05, 4.69) is 10.1 Å². The van der Waals surface area contributed by atoms with E-state index in [1.165, 1.54) is 12.0 Å². The van der Waals surface area contributed by atoms with Crippen LogP contribution < -0.4 is 5.32 Å². The maximum Gasteiger partial charge on any atom is 0.337 e. The van der Waals surface area contributed by atoms with Gasteiger partial charge < -0.3 is 19.4 Å². The molecule has 8 nitrogen and oxygen atoms in total. The Hall–Kier alpha value is -3.20. The van der Waals surface area contributed by atoms with Gasteiger partial charge >= 0.3 is 5.97 Å². The summed E-state index contributed by atoms with van der Waals surface area (Å²) >= 11 is 5.34. The molecule has 1 aliphatic heterocycles. The Bertz CT molecular complexity index is 895. The lowest BCUT2D eigenvalue weighted by Crippen LogP contribution is -2.37. The zero-order valence-electron chi connectivity index (χ0n) is 15.4. The van der Waals surface area contributed by atoms with Gasteiger partial charge in [-0.15, -0.1) is 0 Å². The van der Waals surface area contributed by atoms with E-state index in [1.54, 1.807) is 54.6 Å².